The lowest BCUT2D eigenvalue weighted by atomic mass is 9.95. The van der Waals surface area contributed by atoms with E-state index < -0.39 is 10.0 Å². The van der Waals surface area contributed by atoms with Gasteiger partial charge in [0.1, 0.15) is 0 Å². The third-order valence-electron chi connectivity index (χ3n) is 6.68. The van der Waals surface area contributed by atoms with Gasteiger partial charge in [0.25, 0.3) is 5.91 Å². The Bertz CT molecular complexity index is 1400. The monoisotopic (exact) mass is 508 g/mol. The van der Waals surface area contributed by atoms with Crippen molar-refractivity contribution in [1.29, 1.82) is 0 Å². The number of rotatable bonds is 5. The van der Waals surface area contributed by atoms with Crippen molar-refractivity contribution in [2.45, 2.75) is 31.2 Å². The number of aryl methyl sites for hydroxylation is 1. The normalized spacial score (nSPS) is 18.2. The van der Waals surface area contributed by atoms with Crippen LogP contribution in [0.15, 0.2) is 65.6 Å². The molecule has 3 amide bonds. The Morgan fingerprint density at radius 1 is 0.972 bits per heavy atom. The predicted molar refractivity (Wildman–Crippen MR) is 142 cm³/mol. The molecule has 0 aliphatic carbocycles. The summed E-state index contributed by atoms with van der Waals surface area (Å²) in [6.07, 6.45) is 0.530. The fourth-order valence-corrected chi connectivity index (χ4v) is 6.26. The van der Waals surface area contributed by atoms with Crippen LogP contribution < -0.4 is 10.0 Å². The summed E-state index contributed by atoms with van der Waals surface area (Å²) in [6.45, 7) is 4.79. The molecule has 1 saturated heterocycles. The number of urea groups is 1. The summed E-state index contributed by atoms with van der Waals surface area (Å²) in [5, 5.41) is 4.11. The van der Waals surface area contributed by atoms with Crippen molar-refractivity contribution in [3.05, 3.63) is 71.8 Å². The van der Waals surface area contributed by atoms with Crippen molar-refractivity contribution in [2.24, 2.45) is 5.92 Å². The molecule has 36 heavy (non-hydrogen) atoms. The van der Waals surface area contributed by atoms with Gasteiger partial charge in [-0.25, -0.2) is 17.9 Å². The van der Waals surface area contributed by atoms with Gasteiger partial charge in [0.05, 0.1) is 4.90 Å². The summed E-state index contributed by atoms with van der Waals surface area (Å²) in [7, 11) is -0.437. The molecule has 0 aromatic heterocycles. The number of nitrogens with one attached hydrogen (secondary N) is 2. The van der Waals surface area contributed by atoms with Gasteiger partial charge >= 0.3 is 6.03 Å². The second-order valence-electron chi connectivity index (χ2n) is 9.54. The highest BCUT2D eigenvalue weighted by Crippen LogP contribution is 2.31. The molecule has 8 nitrogen and oxygen atoms in total. The van der Waals surface area contributed by atoms with E-state index in [4.69, 9.17) is 0 Å². The molecule has 2 N–H and O–H groups in total. The molecule has 1 aliphatic heterocycles. The Balaban J connectivity index is 1.58. The molecule has 0 spiro atoms. The fraction of sp³-hybridized carbons (Fsp3) is 0.333. The molecular weight excluding hydrogens is 476 g/mol. The molecular formula is C27H32N4O4S. The number of anilines is 1. The van der Waals surface area contributed by atoms with Gasteiger partial charge in [-0.05, 0) is 43.0 Å². The van der Waals surface area contributed by atoms with Crippen LogP contribution in [0.3, 0.4) is 0 Å². The number of fused-ring (bicyclic) bond motifs is 1. The van der Waals surface area contributed by atoms with E-state index in [0.717, 1.165) is 5.56 Å². The molecule has 0 saturated carbocycles. The van der Waals surface area contributed by atoms with E-state index in [-0.39, 0.29) is 28.8 Å². The minimum absolute atomic E-state index is 0.0450. The lowest BCUT2D eigenvalue weighted by Crippen LogP contribution is -2.53. The second-order valence-corrected chi connectivity index (χ2v) is 11.2. The van der Waals surface area contributed by atoms with Crippen LogP contribution in [-0.2, 0) is 10.0 Å². The second kappa shape index (κ2) is 10.3. The van der Waals surface area contributed by atoms with Crippen molar-refractivity contribution in [3.63, 3.8) is 0 Å². The lowest BCUT2D eigenvalue weighted by Gasteiger charge is -2.38. The quantitative estimate of drug-likeness (QED) is 0.543. The van der Waals surface area contributed by atoms with Crippen LogP contribution in [0.4, 0.5) is 10.5 Å². The van der Waals surface area contributed by atoms with Gasteiger partial charge in [-0.15, -0.1) is 0 Å². The molecule has 0 bridgehead atoms. The van der Waals surface area contributed by atoms with E-state index in [1.807, 2.05) is 38.1 Å². The molecule has 190 valence electrons. The first-order valence-electron chi connectivity index (χ1n) is 12.0. The number of carbonyl (C=O) groups excluding carboxylic acids is 2. The fourth-order valence-electron chi connectivity index (χ4n) is 4.67. The highest BCUT2D eigenvalue weighted by Gasteiger charge is 2.33. The third kappa shape index (κ3) is 5.22. The number of amides is 3. The number of nitrogens with zero attached hydrogens (tertiary/aromatic N) is 2. The van der Waals surface area contributed by atoms with E-state index in [2.05, 4.69) is 10.0 Å². The zero-order chi connectivity index (χ0) is 26.0. The molecule has 9 heteroatoms. The number of hydrogen-bond donors (Lipinski definition) is 2. The molecule has 0 radical (unpaired) electrons. The number of benzene rings is 3. The largest absolute Gasteiger partial charge is 0.331 e. The number of piperidine rings is 1. The lowest BCUT2D eigenvalue weighted by molar-refractivity contribution is 0.102. The Labute approximate surface area is 212 Å². The SMILES string of the molecule is Cc1ccccc1C(=O)Nc1ccc(S(=O)(=O)NC2CCN(C(=O)N(C)C)C[C@H]2C)c2ccccc12. The van der Waals surface area contributed by atoms with Crippen LogP contribution >= 0.6 is 0 Å². The van der Waals surface area contributed by atoms with Gasteiger partial charge in [0.2, 0.25) is 10.0 Å². The zero-order valence-electron chi connectivity index (χ0n) is 21.0. The summed E-state index contributed by atoms with van der Waals surface area (Å²) in [5.74, 6) is -0.295. The summed E-state index contributed by atoms with van der Waals surface area (Å²) in [4.78, 5) is 28.6. The summed E-state index contributed by atoms with van der Waals surface area (Å²) in [6, 6.07) is 17.3. The van der Waals surface area contributed by atoms with Gasteiger partial charge in [0, 0.05) is 55.2 Å². The van der Waals surface area contributed by atoms with Gasteiger partial charge in [-0.1, -0.05) is 49.4 Å². The van der Waals surface area contributed by atoms with E-state index in [9.17, 15) is 18.0 Å². The van der Waals surface area contributed by atoms with Gasteiger partial charge in [0.15, 0.2) is 0 Å². The third-order valence-corrected chi connectivity index (χ3v) is 8.22. The first-order chi connectivity index (χ1) is 17.1. The Morgan fingerprint density at radius 3 is 2.31 bits per heavy atom. The summed E-state index contributed by atoms with van der Waals surface area (Å²) >= 11 is 0. The number of sulfonamides is 1. The molecule has 3 aromatic carbocycles. The Hall–Kier alpha value is -3.43. The molecule has 3 aromatic rings. The van der Waals surface area contributed by atoms with Crippen LogP contribution in [0, 0.1) is 12.8 Å². The Morgan fingerprint density at radius 2 is 1.64 bits per heavy atom. The molecule has 4 rings (SSSR count). The first kappa shape index (κ1) is 25.7. The minimum atomic E-state index is -3.85. The first-order valence-corrected chi connectivity index (χ1v) is 13.4. The molecule has 1 unspecified atom stereocenters. The van der Waals surface area contributed by atoms with E-state index in [1.54, 1.807) is 49.3 Å². The van der Waals surface area contributed by atoms with Crippen molar-refractivity contribution >= 4 is 38.4 Å². The highest BCUT2D eigenvalue weighted by molar-refractivity contribution is 7.89. The minimum Gasteiger partial charge on any atom is -0.331 e. The average Bonchev–Trinajstić information content (AvgIpc) is 2.85. The van der Waals surface area contributed by atoms with Crippen molar-refractivity contribution in [3.8, 4) is 0 Å². The van der Waals surface area contributed by atoms with Crippen LogP contribution in [0.5, 0.6) is 0 Å². The zero-order valence-corrected chi connectivity index (χ0v) is 21.8. The van der Waals surface area contributed by atoms with E-state index in [0.29, 0.717) is 41.5 Å². The summed E-state index contributed by atoms with van der Waals surface area (Å²) in [5.41, 5.74) is 1.96. The molecule has 2 atom stereocenters. The van der Waals surface area contributed by atoms with Crippen LogP contribution in [-0.4, -0.2) is 63.4 Å². The smallest absolute Gasteiger partial charge is 0.319 e. The van der Waals surface area contributed by atoms with Crippen molar-refractivity contribution < 1.29 is 18.0 Å². The maximum Gasteiger partial charge on any atom is 0.319 e. The van der Waals surface area contributed by atoms with Crippen LogP contribution in [0.2, 0.25) is 0 Å². The molecule has 1 heterocycles. The number of likely N-dealkylation sites (tertiary alicyclic amines) is 1. The van der Waals surface area contributed by atoms with Crippen molar-refractivity contribution in [1.82, 2.24) is 14.5 Å². The van der Waals surface area contributed by atoms with Gasteiger partial charge < -0.3 is 15.1 Å². The van der Waals surface area contributed by atoms with Gasteiger partial charge in [-0.3, -0.25) is 4.79 Å². The molecule has 1 aliphatic rings. The van der Waals surface area contributed by atoms with E-state index in [1.165, 1.54) is 11.0 Å². The van der Waals surface area contributed by atoms with Crippen molar-refractivity contribution in [2.75, 3.05) is 32.5 Å². The molecule has 1 fully saturated rings. The topological polar surface area (TPSA) is 98.8 Å². The van der Waals surface area contributed by atoms with Gasteiger partial charge in [-0.2, -0.15) is 0 Å². The average molecular weight is 509 g/mol. The highest BCUT2D eigenvalue weighted by atomic mass is 32.2. The Kier molecular flexibility index (Phi) is 7.33. The van der Waals surface area contributed by atoms with Crippen LogP contribution in [0.25, 0.3) is 10.8 Å². The maximum atomic E-state index is 13.5. The number of carbonyl (C=O) groups is 2. The van der Waals surface area contributed by atoms with Crippen LogP contribution in [0.1, 0.15) is 29.3 Å². The standard InChI is InChI=1S/C27H32N4O4S/c1-18-9-5-6-10-20(18)26(32)28-24-13-14-25(22-12-8-7-11-21(22)24)36(34,35)29-23-15-16-31(17-19(23)2)27(33)30(3)4/h5-14,19,23,29H,15-17H2,1-4H3,(H,28,32)/t19-,23?/m1/s1. The van der Waals surface area contributed by atoms with E-state index >= 15 is 0 Å². The maximum absolute atomic E-state index is 13.5. The summed E-state index contributed by atoms with van der Waals surface area (Å²) < 4.78 is 29.9. The number of hydrogen-bond acceptors (Lipinski definition) is 4. The predicted octanol–water partition coefficient (Wildman–Crippen LogP) is 4.07.